The Morgan fingerprint density at radius 3 is 2.70 bits per heavy atom. The van der Waals surface area contributed by atoms with Gasteiger partial charge in [-0.15, -0.1) is 0 Å². The van der Waals surface area contributed by atoms with Crippen molar-refractivity contribution in [1.82, 2.24) is 0 Å². The average Bonchev–Trinajstić information content (AvgIpc) is 2.58. The molecule has 118 valence electrons. The number of anilines is 2. The highest BCUT2D eigenvalue weighted by Gasteiger charge is 2.19. The minimum Gasteiger partial charge on any atom is -0.497 e. The van der Waals surface area contributed by atoms with Crippen molar-refractivity contribution in [3.8, 4) is 11.8 Å². The first-order valence-corrected chi connectivity index (χ1v) is 7.77. The summed E-state index contributed by atoms with van der Waals surface area (Å²) < 4.78 is 11.1. The molecule has 1 unspecified atom stereocenters. The van der Waals surface area contributed by atoms with Gasteiger partial charge in [0.15, 0.2) is 0 Å². The van der Waals surface area contributed by atoms with E-state index in [0.29, 0.717) is 12.2 Å². The maximum atomic E-state index is 9.23. The number of benzene rings is 2. The molecule has 1 aliphatic heterocycles. The SMILES string of the molecule is COc1ccc(N2CCOC(C)Cc3ccc(C#N)cc32)cc1. The molecule has 0 aromatic heterocycles. The van der Waals surface area contributed by atoms with Crippen LogP contribution in [-0.2, 0) is 11.2 Å². The highest BCUT2D eigenvalue weighted by Crippen LogP contribution is 2.32. The zero-order valence-electron chi connectivity index (χ0n) is 13.5. The number of fused-ring (bicyclic) bond motifs is 1. The van der Waals surface area contributed by atoms with Gasteiger partial charge in [0.05, 0.1) is 31.5 Å². The van der Waals surface area contributed by atoms with Crippen molar-refractivity contribution in [2.24, 2.45) is 0 Å². The van der Waals surface area contributed by atoms with Crippen molar-refractivity contribution in [1.29, 1.82) is 5.26 Å². The smallest absolute Gasteiger partial charge is 0.119 e. The van der Waals surface area contributed by atoms with Crippen LogP contribution in [0, 0.1) is 11.3 Å². The van der Waals surface area contributed by atoms with E-state index in [2.05, 4.69) is 17.9 Å². The quantitative estimate of drug-likeness (QED) is 0.849. The first-order chi connectivity index (χ1) is 11.2. The summed E-state index contributed by atoms with van der Waals surface area (Å²) in [6.45, 7) is 3.49. The minimum absolute atomic E-state index is 0.180. The largest absolute Gasteiger partial charge is 0.497 e. The second-order valence-corrected chi connectivity index (χ2v) is 5.69. The van der Waals surface area contributed by atoms with E-state index >= 15 is 0 Å². The Balaban J connectivity index is 2.05. The lowest BCUT2D eigenvalue weighted by Crippen LogP contribution is -2.29. The van der Waals surface area contributed by atoms with Gasteiger partial charge in [-0.2, -0.15) is 5.26 Å². The molecule has 0 saturated carbocycles. The number of hydrogen-bond donors (Lipinski definition) is 0. The van der Waals surface area contributed by atoms with Gasteiger partial charge in [-0.05, 0) is 48.9 Å². The number of ether oxygens (including phenoxy) is 2. The van der Waals surface area contributed by atoms with E-state index < -0.39 is 0 Å². The molecule has 2 aromatic carbocycles. The summed E-state index contributed by atoms with van der Waals surface area (Å²) in [5.74, 6) is 0.830. The molecule has 2 aromatic rings. The molecular weight excluding hydrogens is 288 g/mol. The fourth-order valence-electron chi connectivity index (χ4n) is 2.92. The van der Waals surface area contributed by atoms with Crippen LogP contribution in [0.25, 0.3) is 0 Å². The summed E-state index contributed by atoms with van der Waals surface area (Å²) in [4.78, 5) is 2.21. The van der Waals surface area contributed by atoms with Gasteiger partial charge in [-0.25, -0.2) is 0 Å². The van der Waals surface area contributed by atoms with Crippen LogP contribution < -0.4 is 9.64 Å². The lowest BCUT2D eigenvalue weighted by atomic mass is 10.0. The molecule has 4 heteroatoms. The van der Waals surface area contributed by atoms with Gasteiger partial charge in [0.1, 0.15) is 5.75 Å². The third-order valence-corrected chi connectivity index (χ3v) is 4.11. The normalized spacial score (nSPS) is 17.6. The topological polar surface area (TPSA) is 45.5 Å². The fourth-order valence-corrected chi connectivity index (χ4v) is 2.92. The molecule has 0 saturated heterocycles. The molecule has 0 spiro atoms. The average molecular weight is 308 g/mol. The van der Waals surface area contributed by atoms with E-state index in [1.54, 1.807) is 7.11 Å². The Morgan fingerprint density at radius 2 is 2.00 bits per heavy atom. The van der Waals surface area contributed by atoms with Crippen molar-refractivity contribution in [3.05, 3.63) is 53.6 Å². The van der Waals surface area contributed by atoms with Gasteiger partial charge in [0.25, 0.3) is 0 Å². The second-order valence-electron chi connectivity index (χ2n) is 5.69. The fraction of sp³-hybridized carbons (Fsp3) is 0.316. The molecular formula is C19H20N2O2. The van der Waals surface area contributed by atoms with E-state index in [0.717, 1.165) is 30.1 Å². The van der Waals surface area contributed by atoms with Crippen LogP contribution in [-0.4, -0.2) is 26.4 Å². The first kappa shape index (κ1) is 15.4. The van der Waals surface area contributed by atoms with Crippen molar-refractivity contribution >= 4 is 11.4 Å². The zero-order chi connectivity index (χ0) is 16.2. The Labute approximate surface area is 136 Å². The van der Waals surface area contributed by atoms with Crippen LogP contribution in [0.5, 0.6) is 5.75 Å². The van der Waals surface area contributed by atoms with Crippen LogP contribution in [0.15, 0.2) is 42.5 Å². The lowest BCUT2D eigenvalue weighted by molar-refractivity contribution is 0.0703. The Morgan fingerprint density at radius 1 is 1.22 bits per heavy atom. The molecule has 1 heterocycles. The summed E-state index contributed by atoms with van der Waals surface area (Å²) in [6, 6.07) is 16.1. The summed E-state index contributed by atoms with van der Waals surface area (Å²) in [7, 11) is 1.66. The molecule has 0 amide bonds. The predicted molar refractivity (Wildman–Crippen MR) is 90.3 cm³/mol. The summed E-state index contributed by atoms with van der Waals surface area (Å²) >= 11 is 0. The molecule has 0 radical (unpaired) electrons. The molecule has 0 N–H and O–H groups in total. The summed E-state index contributed by atoms with van der Waals surface area (Å²) in [5, 5.41) is 9.23. The monoisotopic (exact) mass is 308 g/mol. The molecule has 23 heavy (non-hydrogen) atoms. The van der Waals surface area contributed by atoms with E-state index in [1.807, 2.05) is 42.5 Å². The minimum atomic E-state index is 0.180. The highest BCUT2D eigenvalue weighted by molar-refractivity contribution is 5.69. The number of rotatable bonds is 2. The van der Waals surface area contributed by atoms with Gasteiger partial charge in [-0.3, -0.25) is 0 Å². The first-order valence-electron chi connectivity index (χ1n) is 7.77. The van der Waals surface area contributed by atoms with Crippen molar-refractivity contribution in [2.45, 2.75) is 19.4 Å². The summed E-state index contributed by atoms with van der Waals surface area (Å²) in [6.07, 6.45) is 1.02. The maximum absolute atomic E-state index is 9.23. The van der Waals surface area contributed by atoms with Gasteiger partial charge in [0.2, 0.25) is 0 Å². The standard InChI is InChI=1S/C19H20N2O2/c1-14-11-16-4-3-15(13-20)12-19(16)21(9-10-23-14)17-5-7-18(22-2)8-6-17/h3-8,12,14H,9-11H2,1-2H3. The van der Waals surface area contributed by atoms with Gasteiger partial charge in [0, 0.05) is 24.3 Å². The summed E-state index contributed by atoms with van der Waals surface area (Å²) in [5.41, 5.74) is 4.04. The van der Waals surface area contributed by atoms with Crippen LogP contribution in [0.2, 0.25) is 0 Å². The Kier molecular flexibility index (Phi) is 4.50. The van der Waals surface area contributed by atoms with E-state index in [-0.39, 0.29) is 6.10 Å². The van der Waals surface area contributed by atoms with E-state index in [9.17, 15) is 5.26 Å². The van der Waals surface area contributed by atoms with Crippen LogP contribution in [0.3, 0.4) is 0 Å². The number of nitrogens with zero attached hydrogens (tertiary/aromatic N) is 2. The van der Waals surface area contributed by atoms with E-state index in [4.69, 9.17) is 9.47 Å². The lowest BCUT2D eigenvalue weighted by Gasteiger charge is -2.31. The predicted octanol–water partition coefficient (Wildman–Crippen LogP) is 3.67. The molecule has 0 bridgehead atoms. The molecule has 3 rings (SSSR count). The Bertz CT molecular complexity index is 719. The van der Waals surface area contributed by atoms with Crippen molar-refractivity contribution < 1.29 is 9.47 Å². The molecule has 4 nitrogen and oxygen atoms in total. The molecule has 0 fully saturated rings. The number of hydrogen-bond acceptors (Lipinski definition) is 4. The molecule has 0 aliphatic carbocycles. The van der Waals surface area contributed by atoms with Crippen LogP contribution >= 0.6 is 0 Å². The third kappa shape index (κ3) is 3.30. The van der Waals surface area contributed by atoms with Crippen LogP contribution in [0.1, 0.15) is 18.1 Å². The van der Waals surface area contributed by atoms with Gasteiger partial charge < -0.3 is 14.4 Å². The molecule has 1 atom stereocenters. The second kappa shape index (κ2) is 6.72. The number of methoxy groups -OCH3 is 1. The maximum Gasteiger partial charge on any atom is 0.119 e. The van der Waals surface area contributed by atoms with Gasteiger partial charge in [-0.1, -0.05) is 6.07 Å². The van der Waals surface area contributed by atoms with Crippen LogP contribution in [0.4, 0.5) is 11.4 Å². The van der Waals surface area contributed by atoms with Gasteiger partial charge >= 0.3 is 0 Å². The molecule has 1 aliphatic rings. The number of nitriles is 1. The van der Waals surface area contributed by atoms with E-state index in [1.165, 1.54) is 5.56 Å². The third-order valence-electron chi connectivity index (χ3n) is 4.11. The van der Waals surface area contributed by atoms with Crippen molar-refractivity contribution in [3.63, 3.8) is 0 Å². The Hall–Kier alpha value is -2.51. The van der Waals surface area contributed by atoms with Crippen molar-refractivity contribution in [2.75, 3.05) is 25.2 Å². The highest BCUT2D eigenvalue weighted by atomic mass is 16.5. The zero-order valence-corrected chi connectivity index (χ0v) is 13.5.